The minimum absolute atomic E-state index is 0.0414. The van der Waals surface area contributed by atoms with Gasteiger partial charge in [-0.15, -0.1) is 0 Å². The van der Waals surface area contributed by atoms with Crippen LogP contribution in [-0.4, -0.2) is 29.3 Å². The van der Waals surface area contributed by atoms with Gasteiger partial charge in [-0.25, -0.2) is 14.2 Å². The third kappa shape index (κ3) is 6.00. The Morgan fingerprint density at radius 1 is 1.30 bits per heavy atom. The predicted molar refractivity (Wildman–Crippen MR) is 100 cm³/mol. The number of hydrogen-bond acceptors (Lipinski definition) is 5. The van der Waals surface area contributed by atoms with E-state index in [1.165, 1.54) is 24.3 Å². The first kappa shape index (κ1) is 19.7. The fourth-order valence-corrected chi connectivity index (χ4v) is 1.93. The van der Waals surface area contributed by atoms with Crippen molar-refractivity contribution >= 4 is 17.7 Å². The Balaban J connectivity index is 2.38. The van der Waals surface area contributed by atoms with E-state index in [1.54, 1.807) is 31.2 Å². The molecule has 0 radical (unpaired) electrons. The number of rotatable bonds is 6. The number of nitrogens with zero attached hydrogens (tertiary/aromatic N) is 2. The molecule has 0 bridgehead atoms. The molecule has 2 rings (SSSR count). The first-order chi connectivity index (χ1) is 13.0. The highest BCUT2D eigenvalue weighted by Gasteiger charge is 2.12. The molecule has 0 fully saturated rings. The van der Waals surface area contributed by atoms with Gasteiger partial charge in [0, 0.05) is 6.08 Å². The average Bonchev–Trinajstić information content (AvgIpc) is 2.67. The van der Waals surface area contributed by atoms with Gasteiger partial charge in [0.1, 0.15) is 17.3 Å². The van der Waals surface area contributed by atoms with Crippen LogP contribution >= 0.6 is 0 Å². The van der Waals surface area contributed by atoms with Gasteiger partial charge in [-0.05, 0) is 31.2 Å². The van der Waals surface area contributed by atoms with Gasteiger partial charge in [-0.1, -0.05) is 30.9 Å². The standard InChI is InChI=1S/C20H18FN3O3/c1-3-14(20(25)26-4-2)12-18(27-16-8-6-5-7-9-16)24-19(22)17-11-10-15(21)13-23-17/h3,5-13,22H,1,4H2,2H3/b14-12-,22-19?,24-18+. The van der Waals surface area contributed by atoms with Crippen molar-refractivity contribution in [2.24, 2.45) is 4.99 Å². The molecule has 0 unspecified atom stereocenters. The Morgan fingerprint density at radius 2 is 2.04 bits per heavy atom. The molecule has 2 aromatic rings. The smallest absolute Gasteiger partial charge is 0.338 e. The SMILES string of the molecule is C=C/C(=C/C(=N\C(=N)c1ccc(F)cn1)Oc1ccccc1)C(=O)OCC. The van der Waals surface area contributed by atoms with Crippen molar-refractivity contribution in [3.8, 4) is 5.75 Å². The summed E-state index contributed by atoms with van der Waals surface area (Å²) in [4.78, 5) is 19.8. The summed E-state index contributed by atoms with van der Waals surface area (Å²) in [6, 6.07) is 11.2. The molecule has 0 aliphatic carbocycles. The average molecular weight is 367 g/mol. The molecule has 0 saturated heterocycles. The molecule has 6 nitrogen and oxygen atoms in total. The van der Waals surface area contributed by atoms with Crippen molar-refractivity contribution in [2.75, 3.05) is 6.61 Å². The van der Waals surface area contributed by atoms with Crippen LogP contribution in [0.1, 0.15) is 12.6 Å². The van der Waals surface area contributed by atoms with Gasteiger partial charge >= 0.3 is 5.97 Å². The van der Waals surface area contributed by atoms with Crippen molar-refractivity contribution in [3.05, 3.63) is 84.5 Å². The molecule has 0 saturated carbocycles. The molecule has 1 N–H and O–H groups in total. The lowest BCUT2D eigenvalue weighted by atomic mass is 10.2. The summed E-state index contributed by atoms with van der Waals surface area (Å²) in [5.41, 5.74) is 0.265. The van der Waals surface area contributed by atoms with Crippen LogP contribution in [0.3, 0.4) is 0 Å². The number of para-hydroxylation sites is 1. The summed E-state index contributed by atoms with van der Waals surface area (Å²) in [5.74, 6) is -0.958. The van der Waals surface area contributed by atoms with E-state index in [1.807, 2.05) is 6.07 Å². The van der Waals surface area contributed by atoms with Crippen LogP contribution in [0.4, 0.5) is 4.39 Å². The summed E-state index contributed by atoms with van der Waals surface area (Å²) in [6.45, 7) is 5.47. The Hall–Kier alpha value is -3.61. The molecule has 0 aliphatic rings. The molecule has 0 aliphatic heterocycles. The molecular formula is C20H18FN3O3. The topological polar surface area (TPSA) is 84.6 Å². The summed E-state index contributed by atoms with van der Waals surface area (Å²) in [5, 5.41) is 8.06. The van der Waals surface area contributed by atoms with Crippen LogP contribution < -0.4 is 4.74 Å². The molecule has 138 valence electrons. The molecule has 7 heteroatoms. The zero-order valence-corrected chi connectivity index (χ0v) is 14.7. The molecule has 0 spiro atoms. The quantitative estimate of drug-likeness (QED) is 0.277. The normalized spacial score (nSPS) is 11.6. The molecule has 1 heterocycles. The number of aromatic nitrogens is 1. The maximum Gasteiger partial charge on any atom is 0.338 e. The van der Waals surface area contributed by atoms with Crippen molar-refractivity contribution < 1.29 is 18.7 Å². The second-order valence-electron chi connectivity index (χ2n) is 5.10. The van der Waals surface area contributed by atoms with Crippen molar-refractivity contribution in [2.45, 2.75) is 6.92 Å². The highest BCUT2D eigenvalue weighted by atomic mass is 19.1. The number of amidine groups is 1. The van der Waals surface area contributed by atoms with Gasteiger partial charge < -0.3 is 9.47 Å². The summed E-state index contributed by atoms with van der Waals surface area (Å²) >= 11 is 0. The first-order valence-electron chi connectivity index (χ1n) is 8.06. The zero-order valence-electron chi connectivity index (χ0n) is 14.7. The molecule has 1 aromatic heterocycles. The fraction of sp³-hybridized carbons (Fsp3) is 0.100. The number of esters is 1. The number of carbonyl (C=O) groups is 1. The number of benzene rings is 1. The van der Waals surface area contributed by atoms with Gasteiger partial charge in [0.2, 0.25) is 5.90 Å². The Morgan fingerprint density at radius 3 is 2.63 bits per heavy atom. The van der Waals surface area contributed by atoms with Gasteiger partial charge in [-0.3, -0.25) is 5.41 Å². The van der Waals surface area contributed by atoms with Gasteiger partial charge in [0.15, 0.2) is 5.84 Å². The highest BCUT2D eigenvalue weighted by molar-refractivity contribution is 6.08. The van der Waals surface area contributed by atoms with E-state index in [4.69, 9.17) is 14.9 Å². The number of hydrogen-bond donors (Lipinski definition) is 1. The van der Waals surface area contributed by atoms with Crippen LogP contribution in [-0.2, 0) is 9.53 Å². The Labute approximate surface area is 156 Å². The zero-order chi connectivity index (χ0) is 19.6. The van der Waals surface area contributed by atoms with E-state index in [0.29, 0.717) is 5.75 Å². The van der Waals surface area contributed by atoms with Crippen molar-refractivity contribution in [3.63, 3.8) is 0 Å². The van der Waals surface area contributed by atoms with E-state index in [9.17, 15) is 9.18 Å². The van der Waals surface area contributed by atoms with Crippen LogP contribution in [0.5, 0.6) is 5.75 Å². The van der Waals surface area contributed by atoms with E-state index >= 15 is 0 Å². The molecule has 1 aromatic carbocycles. The minimum atomic E-state index is -0.594. The van der Waals surface area contributed by atoms with E-state index in [-0.39, 0.29) is 29.6 Å². The summed E-state index contributed by atoms with van der Waals surface area (Å²) in [6.07, 6.45) is 3.61. The third-order valence-corrected chi connectivity index (χ3v) is 3.17. The van der Waals surface area contributed by atoms with Crippen LogP contribution in [0.2, 0.25) is 0 Å². The number of halogens is 1. The lowest BCUT2D eigenvalue weighted by molar-refractivity contribution is -0.138. The van der Waals surface area contributed by atoms with E-state index in [2.05, 4.69) is 16.6 Å². The Kier molecular flexibility index (Phi) is 7.13. The second kappa shape index (κ2) is 9.76. The molecule has 0 amide bonds. The van der Waals surface area contributed by atoms with Gasteiger partial charge in [0.05, 0.1) is 18.4 Å². The maximum atomic E-state index is 13.0. The fourth-order valence-electron chi connectivity index (χ4n) is 1.93. The molecule has 0 atom stereocenters. The first-order valence-corrected chi connectivity index (χ1v) is 8.06. The van der Waals surface area contributed by atoms with Crippen molar-refractivity contribution in [1.82, 2.24) is 4.98 Å². The van der Waals surface area contributed by atoms with Crippen molar-refractivity contribution in [1.29, 1.82) is 5.41 Å². The largest absolute Gasteiger partial charge is 0.462 e. The maximum absolute atomic E-state index is 13.0. The third-order valence-electron chi connectivity index (χ3n) is 3.17. The second-order valence-corrected chi connectivity index (χ2v) is 5.10. The summed E-state index contributed by atoms with van der Waals surface area (Å²) < 4.78 is 23.6. The van der Waals surface area contributed by atoms with E-state index in [0.717, 1.165) is 6.20 Å². The Bertz CT molecular complexity index is 875. The van der Waals surface area contributed by atoms with Crippen LogP contribution in [0.25, 0.3) is 0 Å². The van der Waals surface area contributed by atoms with Gasteiger partial charge in [-0.2, -0.15) is 4.99 Å². The molecule has 27 heavy (non-hydrogen) atoms. The van der Waals surface area contributed by atoms with E-state index < -0.39 is 11.8 Å². The number of ether oxygens (including phenoxy) is 2. The highest BCUT2D eigenvalue weighted by Crippen LogP contribution is 2.12. The van der Waals surface area contributed by atoms with Crippen LogP contribution in [0, 0.1) is 11.2 Å². The van der Waals surface area contributed by atoms with Gasteiger partial charge in [0.25, 0.3) is 0 Å². The molecular weight excluding hydrogens is 349 g/mol. The summed E-state index contributed by atoms with van der Waals surface area (Å²) in [7, 11) is 0. The number of carbonyl (C=O) groups excluding carboxylic acids is 1. The lowest BCUT2D eigenvalue weighted by Gasteiger charge is -2.08. The number of pyridine rings is 1. The van der Waals surface area contributed by atoms with Crippen LogP contribution in [0.15, 0.2) is 78.0 Å². The minimum Gasteiger partial charge on any atom is -0.462 e. The monoisotopic (exact) mass is 367 g/mol. The number of nitrogens with one attached hydrogen (secondary N) is 1. The predicted octanol–water partition coefficient (Wildman–Crippen LogP) is 3.70. The number of aliphatic imine (C=N–C) groups is 1. The lowest BCUT2D eigenvalue weighted by Crippen LogP contribution is -2.14.